The molecule has 20 heavy (non-hydrogen) atoms. The fourth-order valence-electron chi connectivity index (χ4n) is 1.83. The zero-order valence-corrected chi connectivity index (χ0v) is 13.4. The lowest BCUT2D eigenvalue weighted by Gasteiger charge is -2.26. The lowest BCUT2D eigenvalue weighted by molar-refractivity contribution is 0.245. The molecule has 1 aromatic carbocycles. The lowest BCUT2D eigenvalue weighted by atomic mass is 10.2. The molecule has 0 bridgehead atoms. The number of nitrogens with zero attached hydrogens (tertiary/aromatic N) is 2. The molecule has 0 aliphatic carbocycles. The van der Waals surface area contributed by atoms with E-state index in [1.54, 1.807) is 24.3 Å². The highest BCUT2D eigenvalue weighted by atomic mass is 35.5. The van der Waals surface area contributed by atoms with E-state index in [0.29, 0.717) is 18.0 Å². The molecule has 0 spiro atoms. The molecule has 0 fully saturated rings. The normalized spacial score (nSPS) is 12.3. The second kappa shape index (κ2) is 7.95. The van der Waals surface area contributed by atoms with Crippen LogP contribution in [-0.2, 0) is 16.8 Å². The van der Waals surface area contributed by atoms with Crippen molar-refractivity contribution in [1.29, 1.82) is 0 Å². The number of hydrogen-bond donors (Lipinski definition) is 1. The monoisotopic (exact) mass is 320 g/mol. The molecular formula is C13H21ClN2O3S. The number of aliphatic hydroxyl groups is 1. The molecule has 0 amide bonds. The second-order valence-electron chi connectivity index (χ2n) is 4.51. The van der Waals surface area contributed by atoms with Gasteiger partial charge in [-0.2, -0.15) is 17.0 Å². The molecule has 0 aliphatic heterocycles. The molecule has 0 unspecified atom stereocenters. The van der Waals surface area contributed by atoms with Crippen LogP contribution < -0.4 is 0 Å². The molecule has 0 aromatic heterocycles. The first kappa shape index (κ1) is 17.4. The maximum absolute atomic E-state index is 12.4. The predicted molar refractivity (Wildman–Crippen MR) is 80.8 cm³/mol. The summed E-state index contributed by atoms with van der Waals surface area (Å²) < 4.78 is 27.4. The average Bonchev–Trinajstić information content (AvgIpc) is 2.41. The van der Waals surface area contributed by atoms with Gasteiger partial charge in [-0.3, -0.25) is 0 Å². The first-order chi connectivity index (χ1) is 9.41. The van der Waals surface area contributed by atoms with Crippen LogP contribution in [0.4, 0.5) is 0 Å². The molecule has 0 heterocycles. The minimum absolute atomic E-state index is 0.112. The molecule has 5 nitrogen and oxygen atoms in total. The molecule has 114 valence electrons. The van der Waals surface area contributed by atoms with E-state index in [1.807, 2.05) is 6.92 Å². The van der Waals surface area contributed by atoms with Crippen molar-refractivity contribution in [3.63, 3.8) is 0 Å². The highest BCUT2D eigenvalue weighted by molar-refractivity contribution is 7.86. The first-order valence-corrected chi connectivity index (χ1v) is 8.26. The van der Waals surface area contributed by atoms with Gasteiger partial charge in [0.1, 0.15) is 0 Å². The summed E-state index contributed by atoms with van der Waals surface area (Å²) in [7, 11) is -2.03. The summed E-state index contributed by atoms with van der Waals surface area (Å²) in [5, 5.41) is 9.61. The van der Waals surface area contributed by atoms with Gasteiger partial charge in [-0.1, -0.05) is 30.7 Å². The summed E-state index contributed by atoms with van der Waals surface area (Å²) in [6, 6.07) is 7.05. The van der Waals surface area contributed by atoms with Gasteiger partial charge in [-0.05, 0) is 24.1 Å². The third-order valence-corrected chi connectivity index (χ3v) is 5.05. The molecular weight excluding hydrogens is 300 g/mol. The Kier molecular flexibility index (Phi) is 6.91. The Morgan fingerprint density at radius 1 is 1.20 bits per heavy atom. The zero-order chi connectivity index (χ0) is 15.2. The number of benzene rings is 1. The molecule has 0 saturated carbocycles. The van der Waals surface area contributed by atoms with E-state index in [4.69, 9.17) is 16.7 Å². The highest BCUT2D eigenvalue weighted by Gasteiger charge is 2.25. The SMILES string of the molecule is CCCN(CCO)S(=O)(=O)N(C)Cc1ccc(Cl)cc1. The first-order valence-electron chi connectivity index (χ1n) is 6.48. The minimum Gasteiger partial charge on any atom is -0.395 e. The van der Waals surface area contributed by atoms with E-state index in [9.17, 15) is 8.42 Å². The third-order valence-electron chi connectivity index (χ3n) is 2.86. The Morgan fingerprint density at radius 2 is 1.80 bits per heavy atom. The maximum Gasteiger partial charge on any atom is 0.282 e. The van der Waals surface area contributed by atoms with Crippen molar-refractivity contribution in [1.82, 2.24) is 8.61 Å². The maximum atomic E-state index is 12.4. The van der Waals surface area contributed by atoms with Gasteiger partial charge in [0.15, 0.2) is 0 Å². The van der Waals surface area contributed by atoms with Crippen LogP contribution in [0.1, 0.15) is 18.9 Å². The van der Waals surface area contributed by atoms with Crippen molar-refractivity contribution < 1.29 is 13.5 Å². The minimum atomic E-state index is -3.56. The molecule has 7 heteroatoms. The predicted octanol–water partition coefficient (Wildman–Crippen LogP) is 1.72. The average molecular weight is 321 g/mol. The van der Waals surface area contributed by atoms with Crippen LogP contribution in [0.5, 0.6) is 0 Å². The van der Waals surface area contributed by atoms with E-state index < -0.39 is 10.2 Å². The van der Waals surface area contributed by atoms with Crippen LogP contribution >= 0.6 is 11.6 Å². The zero-order valence-electron chi connectivity index (χ0n) is 11.8. The van der Waals surface area contributed by atoms with Crippen molar-refractivity contribution in [2.45, 2.75) is 19.9 Å². The van der Waals surface area contributed by atoms with E-state index >= 15 is 0 Å². The molecule has 0 saturated heterocycles. The van der Waals surface area contributed by atoms with E-state index in [-0.39, 0.29) is 19.7 Å². The Bertz CT molecular complexity index is 499. The van der Waals surface area contributed by atoms with Gasteiger partial charge in [0, 0.05) is 31.7 Å². The van der Waals surface area contributed by atoms with Crippen molar-refractivity contribution in [2.24, 2.45) is 0 Å². The Morgan fingerprint density at radius 3 is 2.30 bits per heavy atom. The molecule has 1 rings (SSSR count). The van der Waals surface area contributed by atoms with E-state index in [0.717, 1.165) is 5.56 Å². The largest absolute Gasteiger partial charge is 0.395 e. The van der Waals surface area contributed by atoms with Crippen molar-refractivity contribution in [3.05, 3.63) is 34.9 Å². The topological polar surface area (TPSA) is 60.9 Å². The van der Waals surface area contributed by atoms with E-state index in [2.05, 4.69) is 0 Å². The summed E-state index contributed by atoms with van der Waals surface area (Å²) in [6.07, 6.45) is 0.702. The van der Waals surface area contributed by atoms with Gasteiger partial charge < -0.3 is 5.11 Å². The Hall–Kier alpha value is -0.660. The highest BCUT2D eigenvalue weighted by Crippen LogP contribution is 2.14. The van der Waals surface area contributed by atoms with Crippen molar-refractivity contribution >= 4 is 21.8 Å². The number of hydrogen-bond acceptors (Lipinski definition) is 3. The fourth-order valence-corrected chi connectivity index (χ4v) is 3.39. The Labute approximate surface area is 125 Å². The summed E-state index contributed by atoms with van der Waals surface area (Å²) >= 11 is 5.80. The summed E-state index contributed by atoms with van der Waals surface area (Å²) in [5.41, 5.74) is 0.862. The molecule has 1 N–H and O–H groups in total. The number of aliphatic hydroxyl groups excluding tert-OH is 1. The molecule has 1 aromatic rings. The van der Waals surface area contributed by atoms with Gasteiger partial charge in [-0.15, -0.1) is 0 Å². The fraction of sp³-hybridized carbons (Fsp3) is 0.538. The van der Waals surface area contributed by atoms with Crippen molar-refractivity contribution in [3.8, 4) is 0 Å². The van der Waals surface area contributed by atoms with Crippen LogP contribution in [-0.4, -0.2) is 48.9 Å². The van der Waals surface area contributed by atoms with Gasteiger partial charge in [0.25, 0.3) is 10.2 Å². The van der Waals surface area contributed by atoms with Crippen LogP contribution in [0.2, 0.25) is 5.02 Å². The van der Waals surface area contributed by atoms with Crippen LogP contribution in [0.25, 0.3) is 0 Å². The van der Waals surface area contributed by atoms with Gasteiger partial charge >= 0.3 is 0 Å². The lowest BCUT2D eigenvalue weighted by Crippen LogP contribution is -2.43. The van der Waals surface area contributed by atoms with Gasteiger partial charge in [0.2, 0.25) is 0 Å². The number of rotatable bonds is 8. The summed E-state index contributed by atoms with van der Waals surface area (Å²) in [5.74, 6) is 0. The van der Waals surface area contributed by atoms with E-state index in [1.165, 1.54) is 15.7 Å². The Balaban J connectivity index is 2.81. The van der Waals surface area contributed by atoms with Gasteiger partial charge in [-0.25, -0.2) is 0 Å². The quantitative estimate of drug-likeness (QED) is 0.793. The van der Waals surface area contributed by atoms with Gasteiger partial charge in [0.05, 0.1) is 6.61 Å². The molecule has 0 aliphatic rings. The van der Waals surface area contributed by atoms with Crippen LogP contribution in [0, 0.1) is 0 Å². The van der Waals surface area contributed by atoms with Crippen LogP contribution in [0.15, 0.2) is 24.3 Å². The van der Waals surface area contributed by atoms with Crippen LogP contribution in [0.3, 0.4) is 0 Å². The number of halogens is 1. The summed E-state index contributed by atoms with van der Waals surface area (Å²) in [4.78, 5) is 0. The molecule has 0 radical (unpaired) electrons. The standard InChI is InChI=1S/C13H21ClN2O3S/c1-3-8-16(9-10-17)20(18,19)15(2)11-12-4-6-13(14)7-5-12/h4-7,17H,3,8-11H2,1-2H3. The smallest absolute Gasteiger partial charge is 0.282 e. The second-order valence-corrected chi connectivity index (χ2v) is 6.98. The summed E-state index contributed by atoms with van der Waals surface area (Å²) in [6.45, 7) is 2.49. The third kappa shape index (κ3) is 4.71. The van der Waals surface area contributed by atoms with Crippen molar-refractivity contribution in [2.75, 3.05) is 26.7 Å². The molecule has 0 atom stereocenters.